The molecule has 2 atom stereocenters. The first-order valence-electron chi connectivity index (χ1n) is 13.2. The number of carbonyl (C=O) groups is 3. The third-order valence-electron chi connectivity index (χ3n) is 7.62. The van der Waals surface area contributed by atoms with Crippen LogP contribution in [0.2, 0.25) is 0 Å². The van der Waals surface area contributed by atoms with Gasteiger partial charge in [-0.05, 0) is 62.3 Å². The zero-order valence-electron chi connectivity index (χ0n) is 22.5. The van der Waals surface area contributed by atoms with E-state index in [1.165, 1.54) is 22.7 Å². The Morgan fingerprint density at radius 1 is 1.15 bits per heavy atom. The van der Waals surface area contributed by atoms with Gasteiger partial charge in [-0.15, -0.1) is 32.9 Å². The number of hydrogen-bond acceptors (Lipinski definition) is 10. The van der Waals surface area contributed by atoms with Gasteiger partial charge in [0, 0.05) is 36.4 Å². The monoisotopic (exact) mass is 581 g/mol. The van der Waals surface area contributed by atoms with Crippen molar-refractivity contribution < 1.29 is 14.4 Å². The fourth-order valence-electron chi connectivity index (χ4n) is 5.71. The zero-order chi connectivity index (χ0) is 28.4. The number of fused-ring (bicyclic) bond motifs is 2. The van der Waals surface area contributed by atoms with Crippen LogP contribution >= 0.6 is 22.7 Å². The quantitative estimate of drug-likeness (QED) is 0.309. The molecule has 2 aliphatic rings. The molecule has 1 aliphatic carbocycles. The van der Waals surface area contributed by atoms with E-state index < -0.39 is 5.41 Å². The number of nitrogens with zero attached hydrogens (tertiary/aromatic N) is 5. The molecule has 0 aromatic carbocycles. The van der Waals surface area contributed by atoms with Crippen molar-refractivity contribution in [1.82, 2.24) is 41.5 Å². The molecule has 4 heterocycles. The molecule has 0 saturated carbocycles. The van der Waals surface area contributed by atoms with Crippen LogP contribution in [0.25, 0.3) is 0 Å². The van der Waals surface area contributed by atoms with Crippen LogP contribution in [0.1, 0.15) is 72.2 Å². The van der Waals surface area contributed by atoms with Crippen LogP contribution in [0.4, 0.5) is 0 Å². The van der Waals surface area contributed by atoms with Gasteiger partial charge in [0.1, 0.15) is 11.5 Å². The molecule has 3 aromatic heterocycles. The molecule has 1 unspecified atom stereocenters. The van der Waals surface area contributed by atoms with Gasteiger partial charge in [0.25, 0.3) is 11.8 Å². The summed E-state index contributed by atoms with van der Waals surface area (Å²) >= 11 is 2.79. The maximum atomic E-state index is 13.0. The lowest BCUT2D eigenvalue weighted by molar-refractivity contribution is -0.130. The second-order valence-electron chi connectivity index (χ2n) is 10.1. The molecule has 3 amide bonds. The van der Waals surface area contributed by atoms with E-state index in [1.807, 2.05) is 19.1 Å². The largest absolute Gasteiger partial charge is 0.354 e. The minimum atomic E-state index is -0.916. The molecule has 0 spiro atoms. The highest BCUT2D eigenvalue weighted by Crippen LogP contribution is 2.52. The smallest absolute Gasteiger partial charge is 0.261 e. The molecule has 0 bridgehead atoms. The van der Waals surface area contributed by atoms with E-state index in [0.717, 1.165) is 27.3 Å². The zero-order valence-corrected chi connectivity index (χ0v) is 24.2. The van der Waals surface area contributed by atoms with E-state index in [1.54, 1.807) is 19.0 Å². The van der Waals surface area contributed by atoms with Gasteiger partial charge in [-0.1, -0.05) is 5.21 Å². The predicted octanol–water partition coefficient (Wildman–Crippen LogP) is 1.36. The lowest BCUT2D eigenvalue weighted by Crippen LogP contribution is -2.45. The summed E-state index contributed by atoms with van der Waals surface area (Å²) in [6.07, 6.45) is 3.34. The van der Waals surface area contributed by atoms with Crippen LogP contribution in [-0.2, 0) is 23.1 Å². The maximum absolute atomic E-state index is 13.0. The van der Waals surface area contributed by atoms with Crippen molar-refractivity contribution in [2.24, 2.45) is 0 Å². The van der Waals surface area contributed by atoms with Crippen molar-refractivity contribution in [3.8, 4) is 6.07 Å². The third kappa shape index (κ3) is 4.89. The summed E-state index contributed by atoms with van der Waals surface area (Å²) in [7, 11) is 3.21. The summed E-state index contributed by atoms with van der Waals surface area (Å²) in [6, 6.07) is 5.49. The lowest BCUT2D eigenvalue weighted by atomic mass is 9.76. The number of likely N-dealkylation sites (tertiary alicyclic amines) is 1. The molecule has 1 aliphatic heterocycles. The summed E-state index contributed by atoms with van der Waals surface area (Å²) in [5, 5.41) is 33.6. The fourth-order valence-corrected chi connectivity index (χ4v) is 8.49. The number of H-pyrrole nitrogens is 1. The Balaban J connectivity index is 1.57. The standard InChI is InChI=1S/C26H31N9O3S2/c1-14(30-13-20(36)35-8-4-5-17(35)12-27)11-26(25-31-33-34-32-25)21-15(9-18(39-21)23(37)28-2)6-7-16-10-19(24(38)29-3)40-22(16)26/h9-10,14,17,30H,4-8,11,13H2,1-3H3,(H,28,37)(H,29,38)(H,31,32,33,34)/t14-,17?/m1/s1. The molecule has 0 radical (unpaired) electrons. The van der Waals surface area contributed by atoms with Gasteiger partial charge < -0.3 is 20.9 Å². The summed E-state index contributed by atoms with van der Waals surface area (Å²) in [5.41, 5.74) is 1.13. The Bertz CT molecular complexity index is 1390. The number of amides is 3. The van der Waals surface area contributed by atoms with Crippen LogP contribution in [0.15, 0.2) is 12.1 Å². The molecular weight excluding hydrogens is 550 g/mol. The molecule has 14 heteroatoms. The number of nitrogens with one attached hydrogen (secondary N) is 4. The third-order valence-corrected chi connectivity index (χ3v) is 10.3. The molecular formula is C26H31N9O3S2. The van der Waals surface area contributed by atoms with E-state index in [4.69, 9.17) is 0 Å². The van der Waals surface area contributed by atoms with Crippen LogP contribution in [0.3, 0.4) is 0 Å². The average molecular weight is 582 g/mol. The van der Waals surface area contributed by atoms with Gasteiger partial charge in [-0.25, -0.2) is 0 Å². The summed E-state index contributed by atoms with van der Waals surface area (Å²) < 4.78 is 0. The second-order valence-corrected chi connectivity index (χ2v) is 12.2. The van der Waals surface area contributed by atoms with Crippen molar-refractivity contribution >= 4 is 40.4 Å². The maximum Gasteiger partial charge on any atom is 0.261 e. The first-order chi connectivity index (χ1) is 19.3. The average Bonchev–Trinajstić information content (AvgIpc) is 3.78. The molecule has 210 valence electrons. The van der Waals surface area contributed by atoms with Crippen LogP contribution in [-0.4, -0.2) is 82.5 Å². The van der Waals surface area contributed by atoms with Crippen molar-refractivity contribution in [2.75, 3.05) is 27.2 Å². The number of aryl methyl sites for hydroxylation is 2. The van der Waals surface area contributed by atoms with Crippen LogP contribution in [0.5, 0.6) is 0 Å². The number of aromatic nitrogens is 4. The SMILES string of the molecule is CNC(=O)c1cc2c(s1)C(C[C@@H](C)NCC(=O)N1CCCC1C#N)(c1nn[nH]n1)c1sc(C(=O)NC)cc1CC2. The first kappa shape index (κ1) is 27.9. The van der Waals surface area contributed by atoms with Crippen molar-refractivity contribution in [3.05, 3.63) is 48.6 Å². The fraction of sp³-hybridized carbons (Fsp3) is 0.500. The minimum Gasteiger partial charge on any atom is -0.354 e. The number of rotatable bonds is 8. The molecule has 1 saturated heterocycles. The Kier molecular flexibility index (Phi) is 7.97. The van der Waals surface area contributed by atoms with E-state index in [-0.39, 0.29) is 36.3 Å². The summed E-state index contributed by atoms with van der Waals surface area (Å²) in [6.45, 7) is 2.66. The van der Waals surface area contributed by atoms with Gasteiger partial charge in [0.15, 0.2) is 5.82 Å². The number of aromatic amines is 1. The molecule has 5 rings (SSSR count). The Hall–Kier alpha value is -3.67. The summed E-state index contributed by atoms with van der Waals surface area (Å²) in [4.78, 5) is 43.0. The van der Waals surface area contributed by atoms with Crippen molar-refractivity contribution in [3.63, 3.8) is 0 Å². The minimum absolute atomic E-state index is 0.0866. The number of carbonyl (C=O) groups excluding carboxylic acids is 3. The molecule has 12 nitrogen and oxygen atoms in total. The summed E-state index contributed by atoms with van der Waals surface area (Å²) in [5.74, 6) is -0.0154. The van der Waals surface area contributed by atoms with E-state index >= 15 is 0 Å². The highest BCUT2D eigenvalue weighted by Gasteiger charge is 2.48. The molecule has 1 fully saturated rings. The molecule has 4 N–H and O–H groups in total. The number of nitriles is 1. The number of tetrazole rings is 1. The van der Waals surface area contributed by atoms with Crippen LogP contribution in [0, 0.1) is 11.3 Å². The Morgan fingerprint density at radius 2 is 1.77 bits per heavy atom. The van der Waals surface area contributed by atoms with Crippen molar-refractivity contribution in [2.45, 2.75) is 56.5 Å². The Labute approximate surface area is 239 Å². The predicted molar refractivity (Wildman–Crippen MR) is 149 cm³/mol. The lowest BCUT2D eigenvalue weighted by Gasteiger charge is -2.33. The van der Waals surface area contributed by atoms with Crippen molar-refractivity contribution in [1.29, 1.82) is 5.26 Å². The highest BCUT2D eigenvalue weighted by molar-refractivity contribution is 7.16. The highest BCUT2D eigenvalue weighted by atomic mass is 32.1. The van der Waals surface area contributed by atoms with Gasteiger partial charge in [0.05, 0.1) is 22.4 Å². The second kappa shape index (κ2) is 11.4. The topological polar surface area (TPSA) is 169 Å². The van der Waals surface area contributed by atoms with Crippen LogP contribution < -0.4 is 16.0 Å². The van der Waals surface area contributed by atoms with Gasteiger partial charge in [0.2, 0.25) is 5.91 Å². The Morgan fingerprint density at radius 3 is 2.30 bits per heavy atom. The normalized spacial score (nSPS) is 18.2. The van der Waals surface area contributed by atoms with Gasteiger partial charge in [-0.2, -0.15) is 10.5 Å². The van der Waals surface area contributed by atoms with E-state index in [9.17, 15) is 19.6 Å². The van der Waals surface area contributed by atoms with E-state index in [0.29, 0.717) is 47.8 Å². The number of thiophene rings is 2. The van der Waals surface area contributed by atoms with Gasteiger partial charge >= 0.3 is 0 Å². The molecule has 40 heavy (non-hydrogen) atoms. The van der Waals surface area contributed by atoms with Gasteiger partial charge in [-0.3, -0.25) is 14.4 Å². The van der Waals surface area contributed by atoms with E-state index in [2.05, 4.69) is 42.6 Å². The molecule has 3 aromatic rings. The first-order valence-corrected chi connectivity index (χ1v) is 14.8. The number of hydrogen-bond donors (Lipinski definition) is 4.